The number of piperidine rings is 1. The van der Waals surface area contributed by atoms with Crippen LogP contribution in [0.5, 0.6) is 5.75 Å². The zero-order chi connectivity index (χ0) is 25.1. The van der Waals surface area contributed by atoms with Gasteiger partial charge in [-0.05, 0) is 50.2 Å². The number of amides is 1. The van der Waals surface area contributed by atoms with Gasteiger partial charge in [0.25, 0.3) is 0 Å². The number of benzene rings is 2. The van der Waals surface area contributed by atoms with Crippen LogP contribution in [0, 0.1) is 5.41 Å². The molecule has 1 amide bonds. The van der Waals surface area contributed by atoms with Crippen LogP contribution in [0.2, 0.25) is 10.0 Å². The molecule has 0 bridgehead atoms. The minimum atomic E-state index is -3.85. The first-order valence-corrected chi connectivity index (χ1v) is 14.0. The van der Waals surface area contributed by atoms with Gasteiger partial charge in [-0.2, -0.15) is 4.31 Å². The van der Waals surface area contributed by atoms with Gasteiger partial charge in [0.05, 0.1) is 11.5 Å². The predicted molar refractivity (Wildman–Crippen MR) is 138 cm³/mol. The molecule has 1 atom stereocenters. The summed E-state index contributed by atoms with van der Waals surface area (Å²) < 4.78 is 34.7. The second-order valence-corrected chi connectivity index (χ2v) is 12.3. The highest BCUT2D eigenvalue weighted by Gasteiger charge is 2.43. The van der Waals surface area contributed by atoms with Gasteiger partial charge in [0.15, 0.2) is 0 Å². The maximum atomic E-state index is 13.5. The molecule has 2 aromatic carbocycles. The number of rotatable bonds is 7. The van der Waals surface area contributed by atoms with Gasteiger partial charge in [0.1, 0.15) is 5.75 Å². The number of nitrogens with zero attached hydrogens (tertiary/aromatic N) is 3. The van der Waals surface area contributed by atoms with E-state index < -0.39 is 15.4 Å². The van der Waals surface area contributed by atoms with Gasteiger partial charge >= 0.3 is 0 Å². The van der Waals surface area contributed by atoms with Gasteiger partial charge in [0.2, 0.25) is 15.9 Å². The summed E-state index contributed by atoms with van der Waals surface area (Å²) in [5.74, 6) is 0.736. The van der Waals surface area contributed by atoms with Crippen LogP contribution in [0.4, 0.5) is 0 Å². The lowest BCUT2D eigenvalue weighted by Gasteiger charge is -2.43. The van der Waals surface area contributed by atoms with Gasteiger partial charge in [-0.1, -0.05) is 41.4 Å². The summed E-state index contributed by atoms with van der Waals surface area (Å²) >= 11 is 12.2. The molecule has 0 aromatic heterocycles. The topological polar surface area (TPSA) is 70.2 Å². The molecular formula is C25H31Cl2N3O4S. The van der Waals surface area contributed by atoms with Crippen molar-refractivity contribution >= 4 is 39.1 Å². The minimum absolute atomic E-state index is 0.0415. The standard InChI is InChI=1S/C25H31Cl2N3O4S/c1-28-10-12-29(13-11-28)24(31)17-25(19-34-22-6-3-2-4-7-22)8-5-9-30(18-25)35(32,33)23-15-20(26)14-21(27)16-23/h2-4,6-7,14-16H,5,8-13,17-19H2,1H3. The Morgan fingerprint density at radius 3 is 2.31 bits per heavy atom. The Balaban J connectivity index is 1.58. The Hall–Kier alpha value is -1.84. The number of hydrogen-bond donors (Lipinski definition) is 0. The van der Waals surface area contributed by atoms with E-state index in [2.05, 4.69) is 4.90 Å². The van der Waals surface area contributed by atoms with Crippen molar-refractivity contribution in [2.45, 2.75) is 24.2 Å². The number of piperazine rings is 1. The van der Waals surface area contributed by atoms with Gasteiger partial charge in [0, 0.05) is 61.1 Å². The van der Waals surface area contributed by atoms with Crippen LogP contribution in [-0.4, -0.2) is 81.4 Å². The lowest BCUT2D eigenvalue weighted by atomic mass is 9.78. The molecule has 10 heteroatoms. The van der Waals surface area contributed by atoms with Crippen molar-refractivity contribution in [3.63, 3.8) is 0 Å². The van der Waals surface area contributed by atoms with Crippen molar-refractivity contribution < 1.29 is 17.9 Å². The molecule has 0 saturated carbocycles. The van der Waals surface area contributed by atoms with Crippen LogP contribution in [-0.2, 0) is 14.8 Å². The highest BCUT2D eigenvalue weighted by atomic mass is 35.5. The third-order valence-electron chi connectivity index (χ3n) is 6.77. The number of para-hydroxylation sites is 1. The van der Waals surface area contributed by atoms with Crippen molar-refractivity contribution in [3.05, 3.63) is 58.6 Å². The maximum Gasteiger partial charge on any atom is 0.243 e. The number of hydrogen-bond acceptors (Lipinski definition) is 5. The number of carbonyl (C=O) groups is 1. The Bertz CT molecular complexity index is 1120. The fourth-order valence-electron chi connectivity index (χ4n) is 4.75. The van der Waals surface area contributed by atoms with Crippen molar-refractivity contribution in [1.29, 1.82) is 0 Å². The third-order valence-corrected chi connectivity index (χ3v) is 9.03. The molecular weight excluding hydrogens is 509 g/mol. The number of carbonyl (C=O) groups excluding carboxylic acids is 1. The van der Waals surface area contributed by atoms with E-state index in [1.807, 2.05) is 42.3 Å². The zero-order valence-electron chi connectivity index (χ0n) is 19.8. The number of halogens is 2. The molecule has 0 N–H and O–H groups in total. The van der Waals surface area contributed by atoms with E-state index in [4.69, 9.17) is 27.9 Å². The van der Waals surface area contributed by atoms with E-state index in [0.717, 1.165) is 13.1 Å². The molecule has 0 aliphatic carbocycles. The molecule has 35 heavy (non-hydrogen) atoms. The first-order valence-electron chi connectivity index (χ1n) is 11.8. The van der Waals surface area contributed by atoms with Crippen LogP contribution >= 0.6 is 23.2 Å². The summed E-state index contributed by atoms with van der Waals surface area (Å²) in [6.07, 6.45) is 1.55. The molecule has 2 aromatic rings. The van der Waals surface area contributed by atoms with E-state index in [0.29, 0.717) is 38.2 Å². The van der Waals surface area contributed by atoms with E-state index in [1.165, 1.54) is 22.5 Å². The molecule has 0 radical (unpaired) electrons. The summed E-state index contributed by atoms with van der Waals surface area (Å²) in [5.41, 5.74) is -0.649. The van der Waals surface area contributed by atoms with Gasteiger partial charge in [-0.25, -0.2) is 8.42 Å². The van der Waals surface area contributed by atoms with E-state index in [1.54, 1.807) is 0 Å². The average Bonchev–Trinajstić information content (AvgIpc) is 2.83. The average molecular weight is 541 g/mol. The minimum Gasteiger partial charge on any atom is -0.493 e. The van der Waals surface area contributed by atoms with Crippen molar-refractivity contribution in [3.8, 4) is 5.75 Å². The van der Waals surface area contributed by atoms with Gasteiger partial charge in [-0.15, -0.1) is 0 Å². The van der Waals surface area contributed by atoms with E-state index in [-0.39, 0.29) is 40.4 Å². The molecule has 1 unspecified atom stereocenters. The van der Waals surface area contributed by atoms with Crippen LogP contribution in [0.25, 0.3) is 0 Å². The second-order valence-electron chi connectivity index (χ2n) is 9.51. The van der Waals surface area contributed by atoms with Crippen LogP contribution < -0.4 is 4.74 Å². The number of sulfonamides is 1. The molecule has 7 nitrogen and oxygen atoms in total. The Morgan fingerprint density at radius 1 is 1.00 bits per heavy atom. The second kappa shape index (κ2) is 11.0. The molecule has 0 spiro atoms. The summed E-state index contributed by atoms with van der Waals surface area (Å²) in [6, 6.07) is 13.7. The van der Waals surface area contributed by atoms with Gasteiger partial charge < -0.3 is 14.5 Å². The van der Waals surface area contributed by atoms with Crippen LogP contribution in [0.15, 0.2) is 53.4 Å². The predicted octanol–water partition coefficient (Wildman–Crippen LogP) is 4.01. The summed E-state index contributed by atoms with van der Waals surface area (Å²) in [4.78, 5) is 17.5. The Labute approximate surface area is 217 Å². The summed E-state index contributed by atoms with van der Waals surface area (Å²) in [6.45, 7) is 3.80. The lowest BCUT2D eigenvalue weighted by molar-refractivity contribution is -0.136. The van der Waals surface area contributed by atoms with Crippen molar-refractivity contribution in [2.24, 2.45) is 5.41 Å². The number of likely N-dealkylation sites (N-methyl/N-ethyl adjacent to an activating group) is 1. The summed E-state index contributed by atoms with van der Waals surface area (Å²) in [7, 11) is -1.81. The first kappa shape index (κ1) is 26.2. The first-order chi connectivity index (χ1) is 16.7. The molecule has 4 rings (SSSR count). The monoisotopic (exact) mass is 539 g/mol. The molecule has 2 aliphatic rings. The smallest absolute Gasteiger partial charge is 0.243 e. The van der Waals surface area contributed by atoms with E-state index in [9.17, 15) is 13.2 Å². The largest absolute Gasteiger partial charge is 0.493 e. The summed E-state index contributed by atoms with van der Waals surface area (Å²) in [5, 5.41) is 0.522. The fraction of sp³-hybridized carbons (Fsp3) is 0.480. The number of ether oxygens (including phenoxy) is 1. The quantitative estimate of drug-likeness (QED) is 0.531. The Kier molecular flexibility index (Phi) is 8.28. The maximum absolute atomic E-state index is 13.5. The van der Waals surface area contributed by atoms with Crippen molar-refractivity contribution in [2.75, 3.05) is 52.9 Å². The molecule has 2 heterocycles. The van der Waals surface area contributed by atoms with E-state index >= 15 is 0 Å². The zero-order valence-corrected chi connectivity index (χ0v) is 22.2. The SMILES string of the molecule is CN1CCN(C(=O)CC2(COc3ccccc3)CCCN(S(=O)(=O)c3cc(Cl)cc(Cl)c3)C2)CC1. The molecule has 190 valence electrons. The highest BCUT2D eigenvalue weighted by Crippen LogP contribution is 2.38. The Morgan fingerprint density at radius 2 is 1.66 bits per heavy atom. The van der Waals surface area contributed by atoms with Gasteiger partial charge in [-0.3, -0.25) is 4.79 Å². The molecule has 2 aliphatic heterocycles. The lowest BCUT2D eigenvalue weighted by Crippen LogP contribution is -2.53. The molecule has 2 saturated heterocycles. The van der Waals surface area contributed by atoms with Crippen LogP contribution in [0.3, 0.4) is 0 Å². The fourth-order valence-corrected chi connectivity index (χ4v) is 7.07. The highest BCUT2D eigenvalue weighted by molar-refractivity contribution is 7.89. The molecule has 2 fully saturated rings. The third kappa shape index (κ3) is 6.49. The van der Waals surface area contributed by atoms with Crippen molar-refractivity contribution in [1.82, 2.24) is 14.1 Å². The normalized spacial score (nSPS) is 22.2. The van der Waals surface area contributed by atoms with Crippen LogP contribution in [0.1, 0.15) is 19.3 Å².